The molecule has 0 saturated carbocycles. The summed E-state index contributed by atoms with van der Waals surface area (Å²) in [5.74, 6) is 1.10. The largest absolute Gasteiger partial charge is 0.508 e. The van der Waals surface area contributed by atoms with E-state index in [-0.39, 0.29) is 0 Å². The van der Waals surface area contributed by atoms with Gasteiger partial charge >= 0.3 is 0 Å². The van der Waals surface area contributed by atoms with Crippen molar-refractivity contribution in [2.45, 2.75) is 6.42 Å². The molecule has 0 fully saturated rings. The van der Waals surface area contributed by atoms with Crippen molar-refractivity contribution < 1.29 is 9.84 Å². The minimum Gasteiger partial charge on any atom is -0.508 e. The summed E-state index contributed by atoms with van der Waals surface area (Å²) in [6, 6.07) is 13.5. The Morgan fingerprint density at radius 3 is 2.55 bits per heavy atom. The van der Waals surface area contributed by atoms with Crippen molar-refractivity contribution in [1.82, 2.24) is 4.98 Å². The molecule has 3 rings (SSSR count). The highest BCUT2D eigenvalue weighted by molar-refractivity contribution is 5.89. The molecule has 3 nitrogen and oxygen atoms in total. The van der Waals surface area contributed by atoms with Gasteiger partial charge in [-0.2, -0.15) is 0 Å². The van der Waals surface area contributed by atoms with Crippen LogP contribution in [0.3, 0.4) is 0 Å². The van der Waals surface area contributed by atoms with E-state index in [2.05, 4.69) is 4.98 Å². The molecule has 0 atom stereocenters. The molecule has 1 N–H and O–H groups in total. The Hall–Kier alpha value is -2.55. The molecule has 3 heteroatoms. The summed E-state index contributed by atoms with van der Waals surface area (Å²) in [4.78, 5) is 4.02. The van der Waals surface area contributed by atoms with Gasteiger partial charge < -0.3 is 9.84 Å². The molecule has 0 aliphatic rings. The maximum Gasteiger partial charge on any atom is 0.119 e. The fourth-order valence-corrected chi connectivity index (χ4v) is 2.37. The van der Waals surface area contributed by atoms with Crippen LogP contribution in [0.1, 0.15) is 11.1 Å². The fraction of sp³-hybridized carbons (Fsp3) is 0.118. The number of fused-ring (bicyclic) bond motifs is 1. The van der Waals surface area contributed by atoms with Gasteiger partial charge in [-0.25, -0.2) is 0 Å². The average Bonchev–Trinajstić information content (AvgIpc) is 2.51. The van der Waals surface area contributed by atoms with Crippen LogP contribution in [0.25, 0.3) is 10.8 Å². The van der Waals surface area contributed by atoms with Crippen LogP contribution in [0.4, 0.5) is 0 Å². The van der Waals surface area contributed by atoms with Crippen molar-refractivity contribution in [3.8, 4) is 11.5 Å². The van der Waals surface area contributed by atoms with Gasteiger partial charge in [-0.05, 0) is 46.7 Å². The average molecular weight is 265 g/mol. The van der Waals surface area contributed by atoms with Gasteiger partial charge in [0.15, 0.2) is 0 Å². The third-order valence-corrected chi connectivity index (χ3v) is 3.45. The zero-order chi connectivity index (χ0) is 13.9. The van der Waals surface area contributed by atoms with Gasteiger partial charge in [0.2, 0.25) is 0 Å². The van der Waals surface area contributed by atoms with E-state index in [4.69, 9.17) is 4.74 Å². The van der Waals surface area contributed by atoms with Crippen LogP contribution < -0.4 is 4.74 Å². The number of nitrogens with zero attached hydrogens (tertiary/aromatic N) is 1. The highest BCUT2D eigenvalue weighted by Gasteiger charge is 2.09. The summed E-state index contributed by atoms with van der Waals surface area (Å²) < 4.78 is 5.28. The molecule has 2 aromatic carbocycles. The second kappa shape index (κ2) is 5.21. The Labute approximate surface area is 117 Å². The number of pyridine rings is 1. The standard InChI is InChI=1S/C17H15NO2/c1-20-14-4-2-13-3-5-17(19)16(15(13)11-14)10-12-6-8-18-9-7-12/h2-9,11,19H,10H2,1H3. The van der Waals surface area contributed by atoms with Crippen molar-refractivity contribution in [1.29, 1.82) is 0 Å². The Kier molecular flexibility index (Phi) is 3.25. The van der Waals surface area contributed by atoms with Crippen molar-refractivity contribution in [2.24, 2.45) is 0 Å². The van der Waals surface area contributed by atoms with E-state index in [0.717, 1.165) is 27.6 Å². The molecule has 0 amide bonds. The molecule has 0 unspecified atom stereocenters. The number of methoxy groups -OCH3 is 1. The molecular formula is C17H15NO2. The third kappa shape index (κ3) is 2.30. The van der Waals surface area contributed by atoms with Crippen LogP contribution in [0.15, 0.2) is 54.9 Å². The van der Waals surface area contributed by atoms with Gasteiger partial charge in [0.05, 0.1) is 7.11 Å². The number of ether oxygens (including phenoxy) is 1. The Balaban J connectivity index is 2.14. The van der Waals surface area contributed by atoms with E-state index in [0.29, 0.717) is 12.2 Å². The maximum atomic E-state index is 10.2. The SMILES string of the molecule is COc1ccc2ccc(O)c(Cc3ccncc3)c2c1. The predicted octanol–water partition coefficient (Wildman–Crippen LogP) is 3.54. The number of hydrogen-bond donors (Lipinski definition) is 1. The van der Waals surface area contributed by atoms with E-state index >= 15 is 0 Å². The molecule has 0 spiro atoms. The summed E-state index contributed by atoms with van der Waals surface area (Å²) in [5, 5.41) is 12.3. The molecule has 1 aromatic heterocycles. The van der Waals surface area contributed by atoms with Gasteiger partial charge in [-0.3, -0.25) is 4.98 Å². The first kappa shape index (κ1) is 12.5. The quantitative estimate of drug-likeness (QED) is 0.787. The normalized spacial score (nSPS) is 10.7. The minimum atomic E-state index is 0.308. The van der Waals surface area contributed by atoms with Crippen LogP contribution in [-0.4, -0.2) is 17.2 Å². The lowest BCUT2D eigenvalue weighted by atomic mass is 9.98. The van der Waals surface area contributed by atoms with E-state index in [1.807, 2.05) is 36.4 Å². The van der Waals surface area contributed by atoms with E-state index in [1.54, 1.807) is 25.6 Å². The Morgan fingerprint density at radius 1 is 1.05 bits per heavy atom. The van der Waals surface area contributed by atoms with Crippen LogP contribution >= 0.6 is 0 Å². The first-order valence-electron chi connectivity index (χ1n) is 6.45. The molecule has 100 valence electrons. The van der Waals surface area contributed by atoms with Crippen LogP contribution in [0, 0.1) is 0 Å². The molecule has 0 aliphatic carbocycles. The summed E-state index contributed by atoms with van der Waals surface area (Å²) in [6.07, 6.45) is 4.19. The van der Waals surface area contributed by atoms with Crippen LogP contribution in [0.5, 0.6) is 11.5 Å². The summed E-state index contributed by atoms with van der Waals surface area (Å²) in [6.45, 7) is 0. The number of phenolic OH excluding ortho intramolecular Hbond substituents is 1. The molecule has 20 heavy (non-hydrogen) atoms. The zero-order valence-corrected chi connectivity index (χ0v) is 11.2. The van der Waals surface area contributed by atoms with Crippen molar-refractivity contribution in [2.75, 3.05) is 7.11 Å². The van der Waals surface area contributed by atoms with E-state index in [1.165, 1.54) is 0 Å². The van der Waals surface area contributed by atoms with Gasteiger partial charge in [0, 0.05) is 24.4 Å². The molecule has 0 aliphatic heterocycles. The Morgan fingerprint density at radius 2 is 1.80 bits per heavy atom. The zero-order valence-electron chi connectivity index (χ0n) is 11.2. The molecule has 0 radical (unpaired) electrons. The molecular weight excluding hydrogens is 250 g/mol. The number of aromatic hydroxyl groups is 1. The number of phenols is 1. The van der Waals surface area contributed by atoms with Gasteiger partial charge in [0.1, 0.15) is 11.5 Å². The summed E-state index contributed by atoms with van der Waals surface area (Å²) in [5.41, 5.74) is 2.03. The molecule has 0 saturated heterocycles. The van der Waals surface area contributed by atoms with Gasteiger partial charge in [0.25, 0.3) is 0 Å². The number of hydrogen-bond acceptors (Lipinski definition) is 3. The number of benzene rings is 2. The van der Waals surface area contributed by atoms with Crippen molar-refractivity contribution in [3.05, 3.63) is 66.0 Å². The summed E-state index contributed by atoms with van der Waals surface area (Å²) >= 11 is 0. The number of rotatable bonds is 3. The van der Waals surface area contributed by atoms with Gasteiger partial charge in [-0.15, -0.1) is 0 Å². The van der Waals surface area contributed by atoms with Crippen molar-refractivity contribution in [3.63, 3.8) is 0 Å². The predicted molar refractivity (Wildman–Crippen MR) is 79.2 cm³/mol. The summed E-state index contributed by atoms with van der Waals surface area (Å²) in [7, 11) is 1.65. The molecule has 0 bridgehead atoms. The van der Waals surface area contributed by atoms with Crippen LogP contribution in [0.2, 0.25) is 0 Å². The second-order valence-corrected chi connectivity index (χ2v) is 4.68. The van der Waals surface area contributed by atoms with Crippen LogP contribution in [-0.2, 0) is 6.42 Å². The lowest BCUT2D eigenvalue weighted by molar-refractivity contribution is 0.415. The minimum absolute atomic E-state index is 0.308. The lowest BCUT2D eigenvalue weighted by Crippen LogP contribution is -1.92. The smallest absolute Gasteiger partial charge is 0.119 e. The number of aromatic nitrogens is 1. The first-order valence-corrected chi connectivity index (χ1v) is 6.45. The third-order valence-electron chi connectivity index (χ3n) is 3.45. The monoisotopic (exact) mass is 265 g/mol. The highest BCUT2D eigenvalue weighted by atomic mass is 16.5. The Bertz CT molecular complexity index is 739. The fourth-order valence-electron chi connectivity index (χ4n) is 2.37. The van der Waals surface area contributed by atoms with E-state index in [9.17, 15) is 5.11 Å². The molecule has 1 heterocycles. The first-order chi connectivity index (χ1) is 9.78. The van der Waals surface area contributed by atoms with Gasteiger partial charge in [-0.1, -0.05) is 12.1 Å². The highest BCUT2D eigenvalue weighted by Crippen LogP contribution is 2.31. The van der Waals surface area contributed by atoms with Crippen molar-refractivity contribution >= 4 is 10.8 Å². The second-order valence-electron chi connectivity index (χ2n) is 4.68. The van der Waals surface area contributed by atoms with E-state index < -0.39 is 0 Å². The maximum absolute atomic E-state index is 10.2. The topological polar surface area (TPSA) is 42.4 Å². The molecule has 3 aromatic rings. The lowest BCUT2D eigenvalue weighted by Gasteiger charge is -2.10.